The number of rotatable bonds is 2. The third kappa shape index (κ3) is 4.59. The Morgan fingerprint density at radius 1 is 1.20 bits per heavy atom. The zero-order valence-electron chi connectivity index (χ0n) is 9.23. The monoisotopic (exact) mass is 228 g/mol. The molecule has 1 aliphatic rings. The molecule has 15 heavy (non-hydrogen) atoms. The van der Waals surface area contributed by atoms with Crippen molar-refractivity contribution in [2.24, 2.45) is 17.8 Å². The van der Waals surface area contributed by atoms with E-state index in [1.807, 2.05) is 0 Å². The minimum Gasteiger partial charge on any atom is -0.550 e. The van der Waals surface area contributed by atoms with Crippen molar-refractivity contribution in [3.05, 3.63) is 12.2 Å². The largest absolute Gasteiger partial charge is 1.00 e. The van der Waals surface area contributed by atoms with Crippen LogP contribution in [-0.4, -0.2) is 11.9 Å². The van der Waals surface area contributed by atoms with Crippen LogP contribution in [0.1, 0.15) is 13.3 Å². The SMILES string of the molecule is CC1C=CCC(C(=O)[O-])C1C(=O)[O-].[Na+].[Na+]. The summed E-state index contributed by atoms with van der Waals surface area (Å²) in [6.45, 7) is 1.66. The molecule has 3 unspecified atom stereocenters. The number of carboxylic acid groups (broad SMARTS) is 2. The summed E-state index contributed by atoms with van der Waals surface area (Å²) in [7, 11) is 0. The minimum atomic E-state index is -1.31. The number of allylic oxidation sites excluding steroid dienone is 2. The van der Waals surface area contributed by atoms with Gasteiger partial charge in [0.15, 0.2) is 0 Å². The van der Waals surface area contributed by atoms with Crippen LogP contribution in [-0.2, 0) is 9.59 Å². The van der Waals surface area contributed by atoms with Gasteiger partial charge in [0.05, 0.1) is 0 Å². The summed E-state index contributed by atoms with van der Waals surface area (Å²) in [5.41, 5.74) is 0. The molecule has 1 rings (SSSR count). The molecule has 0 aromatic rings. The fourth-order valence-corrected chi connectivity index (χ4v) is 1.69. The Kier molecular flexibility index (Phi) is 9.48. The molecule has 0 aromatic heterocycles. The molecule has 72 valence electrons. The van der Waals surface area contributed by atoms with Crippen LogP contribution >= 0.6 is 0 Å². The molecule has 0 aromatic carbocycles. The van der Waals surface area contributed by atoms with E-state index in [0.29, 0.717) is 0 Å². The van der Waals surface area contributed by atoms with Gasteiger partial charge in [-0.15, -0.1) is 0 Å². The first-order valence-electron chi connectivity index (χ1n) is 4.12. The summed E-state index contributed by atoms with van der Waals surface area (Å²) in [6, 6.07) is 0. The quantitative estimate of drug-likeness (QED) is 0.347. The summed E-state index contributed by atoms with van der Waals surface area (Å²) in [5, 5.41) is 21.2. The van der Waals surface area contributed by atoms with Crippen LogP contribution in [0, 0.1) is 17.8 Å². The third-order valence-electron chi connectivity index (χ3n) is 2.40. The number of carboxylic acids is 2. The van der Waals surface area contributed by atoms with E-state index in [1.165, 1.54) is 0 Å². The molecule has 0 saturated carbocycles. The molecule has 1 aliphatic carbocycles. The normalized spacial score (nSPS) is 28.5. The fourth-order valence-electron chi connectivity index (χ4n) is 1.69. The number of hydrogen-bond acceptors (Lipinski definition) is 4. The smallest absolute Gasteiger partial charge is 0.550 e. The third-order valence-corrected chi connectivity index (χ3v) is 2.40. The van der Waals surface area contributed by atoms with E-state index in [-0.39, 0.29) is 71.5 Å². The molecule has 0 fully saturated rings. The fraction of sp³-hybridized carbons (Fsp3) is 0.556. The maximum atomic E-state index is 10.6. The molecular formula is C9H10Na2O4. The zero-order valence-corrected chi connectivity index (χ0v) is 13.2. The second-order valence-electron chi connectivity index (χ2n) is 3.29. The molecule has 0 amide bonds. The van der Waals surface area contributed by atoms with Gasteiger partial charge in [-0.2, -0.15) is 0 Å². The Labute approximate surface area is 133 Å². The van der Waals surface area contributed by atoms with E-state index in [9.17, 15) is 19.8 Å². The number of hydrogen-bond donors (Lipinski definition) is 0. The van der Waals surface area contributed by atoms with Crippen molar-refractivity contribution in [2.45, 2.75) is 13.3 Å². The molecular weight excluding hydrogens is 218 g/mol. The van der Waals surface area contributed by atoms with Gasteiger partial charge in [-0.25, -0.2) is 0 Å². The summed E-state index contributed by atoms with van der Waals surface area (Å²) in [6.07, 6.45) is 3.58. The van der Waals surface area contributed by atoms with Crippen molar-refractivity contribution in [1.29, 1.82) is 0 Å². The first kappa shape index (κ1) is 18.1. The average molecular weight is 228 g/mol. The molecule has 0 heterocycles. The van der Waals surface area contributed by atoms with Crippen LogP contribution < -0.4 is 69.3 Å². The maximum Gasteiger partial charge on any atom is 1.00 e. The molecule has 0 N–H and O–H groups in total. The van der Waals surface area contributed by atoms with Crippen molar-refractivity contribution in [1.82, 2.24) is 0 Å². The van der Waals surface area contributed by atoms with Gasteiger partial charge >= 0.3 is 59.1 Å². The van der Waals surface area contributed by atoms with E-state index in [0.717, 1.165) is 0 Å². The van der Waals surface area contributed by atoms with Crippen LogP contribution in [0.3, 0.4) is 0 Å². The van der Waals surface area contributed by atoms with Crippen LogP contribution in [0.4, 0.5) is 0 Å². The summed E-state index contributed by atoms with van der Waals surface area (Å²) in [5.74, 6) is -4.85. The molecule has 0 spiro atoms. The van der Waals surface area contributed by atoms with Crippen LogP contribution in [0.5, 0.6) is 0 Å². The standard InChI is InChI=1S/C9H12O4.2Na/c1-5-3-2-4-6(8(10)11)7(5)9(12)13;;/h2-3,5-7H,4H2,1H3,(H,10,11)(H,12,13);;/q;2*+1/p-2. The molecule has 0 saturated heterocycles. The van der Waals surface area contributed by atoms with Crippen molar-refractivity contribution in [3.63, 3.8) is 0 Å². The van der Waals surface area contributed by atoms with Gasteiger partial charge in [-0.1, -0.05) is 19.1 Å². The van der Waals surface area contributed by atoms with E-state index in [4.69, 9.17) is 0 Å². The summed E-state index contributed by atoms with van der Waals surface area (Å²) < 4.78 is 0. The van der Waals surface area contributed by atoms with E-state index in [2.05, 4.69) is 0 Å². The Hall–Kier alpha value is 0.680. The number of carbonyl (C=O) groups excluding carboxylic acids is 2. The first-order chi connectivity index (χ1) is 6.04. The van der Waals surface area contributed by atoms with E-state index >= 15 is 0 Å². The van der Waals surface area contributed by atoms with Gasteiger partial charge in [0.2, 0.25) is 0 Å². The van der Waals surface area contributed by atoms with Crippen molar-refractivity contribution in [3.8, 4) is 0 Å². The molecule has 4 nitrogen and oxygen atoms in total. The van der Waals surface area contributed by atoms with Crippen LogP contribution in [0.2, 0.25) is 0 Å². The van der Waals surface area contributed by atoms with Crippen LogP contribution in [0.25, 0.3) is 0 Å². The van der Waals surface area contributed by atoms with Gasteiger partial charge < -0.3 is 19.8 Å². The number of aliphatic carboxylic acids is 2. The minimum absolute atomic E-state index is 0. The first-order valence-corrected chi connectivity index (χ1v) is 4.12. The zero-order chi connectivity index (χ0) is 10.0. The molecule has 3 atom stereocenters. The predicted octanol–water partition coefficient (Wildman–Crippen LogP) is -7.68. The Morgan fingerprint density at radius 2 is 1.73 bits per heavy atom. The Balaban J connectivity index is 0. The van der Waals surface area contributed by atoms with Crippen molar-refractivity contribution in [2.75, 3.05) is 0 Å². The predicted molar refractivity (Wildman–Crippen MR) is 39.9 cm³/mol. The van der Waals surface area contributed by atoms with Crippen LogP contribution in [0.15, 0.2) is 12.2 Å². The van der Waals surface area contributed by atoms with E-state index < -0.39 is 23.8 Å². The number of carbonyl (C=O) groups is 2. The summed E-state index contributed by atoms with van der Waals surface area (Å²) in [4.78, 5) is 21.2. The van der Waals surface area contributed by atoms with Crippen molar-refractivity contribution >= 4 is 11.9 Å². The average Bonchev–Trinajstić information content (AvgIpc) is 2.02. The van der Waals surface area contributed by atoms with Gasteiger partial charge in [0.25, 0.3) is 0 Å². The molecule has 6 heteroatoms. The van der Waals surface area contributed by atoms with Gasteiger partial charge in [-0.3, -0.25) is 0 Å². The molecule has 0 aliphatic heterocycles. The Morgan fingerprint density at radius 3 is 2.07 bits per heavy atom. The topological polar surface area (TPSA) is 80.3 Å². The van der Waals surface area contributed by atoms with Gasteiger partial charge in [-0.05, 0) is 12.3 Å². The van der Waals surface area contributed by atoms with Gasteiger partial charge in [0.1, 0.15) is 0 Å². The molecule has 0 radical (unpaired) electrons. The maximum absolute atomic E-state index is 10.6. The van der Waals surface area contributed by atoms with E-state index in [1.54, 1.807) is 19.1 Å². The van der Waals surface area contributed by atoms with Crippen molar-refractivity contribution < 1.29 is 78.9 Å². The summed E-state index contributed by atoms with van der Waals surface area (Å²) >= 11 is 0. The second kappa shape index (κ2) is 7.87. The second-order valence-corrected chi connectivity index (χ2v) is 3.29. The Bertz CT molecular complexity index is 265. The van der Waals surface area contributed by atoms with Gasteiger partial charge in [0, 0.05) is 23.8 Å². The molecule has 0 bridgehead atoms.